The van der Waals surface area contributed by atoms with E-state index in [1.54, 1.807) is 0 Å². The van der Waals surface area contributed by atoms with Gasteiger partial charge in [-0.1, -0.05) is 31.8 Å². The topological polar surface area (TPSA) is 26.3 Å². The first-order valence-electron chi connectivity index (χ1n) is 8.45. The monoisotopic (exact) mass is 278 g/mol. The fourth-order valence-corrected chi connectivity index (χ4v) is 3.82. The van der Waals surface area contributed by atoms with Crippen molar-refractivity contribution in [3.05, 3.63) is 12.7 Å². The minimum absolute atomic E-state index is 0.0724. The van der Waals surface area contributed by atoms with Crippen molar-refractivity contribution in [3.63, 3.8) is 0 Å². The van der Waals surface area contributed by atoms with Gasteiger partial charge in [-0.2, -0.15) is 0 Å². The number of allylic oxidation sites excluding steroid dienone is 1. The van der Waals surface area contributed by atoms with Crippen LogP contribution in [0.25, 0.3) is 0 Å². The Labute approximate surface area is 124 Å². The predicted octanol–water partition coefficient (Wildman–Crippen LogP) is 5.17. The van der Waals surface area contributed by atoms with E-state index in [0.29, 0.717) is 0 Å². The Bertz CT molecular complexity index is 333. The molecule has 0 heterocycles. The molecule has 20 heavy (non-hydrogen) atoms. The third-order valence-electron chi connectivity index (χ3n) is 5.33. The molecule has 0 unspecified atom stereocenters. The number of hydrogen-bond donors (Lipinski definition) is 0. The normalized spacial score (nSPS) is 24.9. The van der Waals surface area contributed by atoms with Crippen LogP contribution in [0.2, 0.25) is 0 Å². The first-order chi connectivity index (χ1) is 9.60. The number of rotatable bonds is 5. The van der Waals surface area contributed by atoms with Crippen LogP contribution >= 0.6 is 0 Å². The summed E-state index contributed by atoms with van der Waals surface area (Å²) in [5.74, 6) is 0.0724. The SMILES string of the molecule is C=CCCC1(OC(=O)C2(C)CCCCC2)CCCCC1. The lowest BCUT2D eigenvalue weighted by Gasteiger charge is -2.41. The molecule has 0 amide bonds. The van der Waals surface area contributed by atoms with E-state index in [1.165, 1.54) is 38.5 Å². The van der Waals surface area contributed by atoms with Gasteiger partial charge in [-0.25, -0.2) is 0 Å². The summed E-state index contributed by atoms with van der Waals surface area (Å²) in [5.41, 5.74) is -0.416. The fraction of sp³-hybridized carbons (Fsp3) is 0.833. The van der Waals surface area contributed by atoms with E-state index in [0.717, 1.165) is 38.5 Å². The lowest BCUT2D eigenvalue weighted by atomic mass is 9.75. The van der Waals surface area contributed by atoms with Crippen molar-refractivity contribution in [3.8, 4) is 0 Å². The third kappa shape index (κ3) is 3.65. The summed E-state index contributed by atoms with van der Waals surface area (Å²) >= 11 is 0. The zero-order valence-electron chi connectivity index (χ0n) is 13.1. The maximum absolute atomic E-state index is 12.7. The predicted molar refractivity (Wildman–Crippen MR) is 82.5 cm³/mol. The lowest BCUT2D eigenvalue weighted by Crippen LogP contribution is -2.43. The van der Waals surface area contributed by atoms with Crippen LogP contribution in [0.3, 0.4) is 0 Å². The van der Waals surface area contributed by atoms with Gasteiger partial charge in [-0.3, -0.25) is 4.79 Å². The Morgan fingerprint density at radius 1 is 1.05 bits per heavy atom. The smallest absolute Gasteiger partial charge is 0.312 e. The van der Waals surface area contributed by atoms with Crippen LogP contribution in [0.4, 0.5) is 0 Å². The van der Waals surface area contributed by atoms with Crippen LogP contribution in [0.5, 0.6) is 0 Å². The molecule has 0 atom stereocenters. The molecular formula is C18H30O2. The molecule has 114 valence electrons. The van der Waals surface area contributed by atoms with Crippen LogP contribution in [-0.2, 0) is 9.53 Å². The number of carbonyl (C=O) groups is 1. The molecule has 0 aromatic heterocycles. The Balaban J connectivity index is 2.02. The van der Waals surface area contributed by atoms with Crippen molar-refractivity contribution in [2.45, 2.75) is 89.6 Å². The van der Waals surface area contributed by atoms with Crippen LogP contribution in [0.1, 0.15) is 84.0 Å². The highest BCUT2D eigenvalue weighted by Crippen LogP contribution is 2.41. The lowest BCUT2D eigenvalue weighted by molar-refractivity contribution is -0.178. The molecule has 0 spiro atoms. The Hall–Kier alpha value is -0.790. The molecule has 0 aromatic carbocycles. The van der Waals surface area contributed by atoms with E-state index in [2.05, 4.69) is 13.5 Å². The van der Waals surface area contributed by atoms with E-state index in [9.17, 15) is 4.79 Å². The second kappa shape index (κ2) is 6.78. The molecule has 0 saturated heterocycles. The summed E-state index contributed by atoms with van der Waals surface area (Å²) in [7, 11) is 0. The van der Waals surface area contributed by atoms with E-state index in [-0.39, 0.29) is 17.0 Å². The van der Waals surface area contributed by atoms with Crippen molar-refractivity contribution < 1.29 is 9.53 Å². The fourth-order valence-electron chi connectivity index (χ4n) is 3.82. The Morgan fingerprint density at radius 2 is 1.60 bits per heavy atom. The van der Waals surface area contributed by atoms with Gasteiger partial charge < -0.3 is 4.74 Å². The summed E-state index contributed by atoms with van der Waals surface area (Å²) in [4.78, 5) is 12.7. The highest BCUT2D eigenvalue weighted by molar-refractivity contribution is 5.77. The number of ether oxygens (including phenoxy) is 1. The molecule has 0 bridgehead atoms. The van der Waals surface area contributed by atoms with Crippen LogP contribution in [0, 0.1) is 5.41 Å². The van der Waals surface area contributed by atoms with Crippen molar-refractivity contribution in [2.75, 3.05) is 0 Å². The third-order valence-corrected chi connectivity index (χ3v) is 5.33. The molecule has 2 heteroatoms. The maximum Gasteiger partial charge on any atom is 0.312 e. The molecule has 2 rings (SSSR count). The molecule has 0 N–H and O–H groups in total. The molecule has 0 aliphatic heterocycles. The van der Waals surface area contributed by atoms with Crippen molar-refractivity contribution in [1.82, 2.24) is 0 Å². The van der Waals surface area contributed by atoms with Gasteiger partial charge >= 0.3 is 5.97 Å². The number of hydrogen-bond acceptors (Lipinski definition) is 2. The highest BCUT2D eigenvalue weighted by atomic mass is 16.6. The second-order valence-corrected chi connectivity index (χ2v) is 7.08. The number of carbonyl (C=O) groups excluding carboxylic acids is 1. The molecule has 2 aliphatic carbocycles. The molecule has 0 aromatic rings. The van der Waals surface area contributed by atoms with E-state index < -0.39 is 0 Å². The van der Waals surface area contributed by atoms with E-state index >= 15 is 0 Å². The first kappa shape index (κ1) is 15.6. The second-order valence-electron chi connectivity index (χ2n) is 7.08. The van der Waals surface area contributed by atoms with Gasteiger partial charge in [0, 0.05) is 0 Å². The van der Waals surface area contributed by atoms with Gasteiger partial charge in [-0.15, -0.1) is 6.58 Å². The average Bonchev–Trinajstić information content (AvgIpc) is 2.47. The Kier molecular flexibility index (Phi) is 5.29. The van der Waals surface area contributed by atoms with E-state index in [4.69, 9.17) is 4.74 Å². The zero-order chi connectivity index (χ0) is 14.5. The summed E-state index contributed by atoms with van der Waals surface area (Å²) in [6.07, 6.45) is 15.2. The first-order valence-corrected chi connectivity index (χ1v) is 8.45. The van der Waals surface area contributed by atoms with Crippen molar-refractivity contribution >= 4 is 5.97 Å². The van der Waals surface area contributed by atoms with Gasteiger partial charge in [0.25, 0.3) is 0 Å². The van der Waals surface area contributed by atoms with Gasteiger partial charge in [0.05, 0.1) is 5.41 Å². The van der Waals surface area contributed by atoms with Crippen LogP contribution in [-0.4, -0.2) is 11.6 Å². The maximum atomic E-state index is 12.7. The summed E-state index contributed by atoms with van der Waals surface area (Å²) in [6, 6.07) is 0. The van der Waals surface area contributed by atoms with Crippen LogP contribution < -0.4 is 0 Å². The van der Waals surface area contributed by atoms with Gasteiger partial charge in [-0.05, 0) is 58.3 Å². The largest absolute Gasteiger partial charge is 0.459 e. The summed E-state index contributed by atoms with van der Waals surface area (Å²) in [6.45, 7) is 5.93. The summed E-state index contributed by atoms with van der Waals surface area (Å²) in [5, 5.41) is 0. The van der Waals surface area contributed by atoms with Crippen molar-refractivity contribution in [2.24, 2.45) is 5.41 Å². The average molecular weight is 278 g/mol. The highest BCUT2D eigenvalue weighted by Gasteiger charge is 2.42. The molecular weight excluding hydrogens is 248 g/mol. The van der Waals surface area contributed by atoms with Crippen molar-refractivity contribution in [1.29, 1.82) is 0 Å². The molecule has 2 saturated carbocycles. The molecule has 2 nitrogen and oxygen atoms in total. The van der Waals surface area contributed by atoms with Gasteiger partial charge in [0.15, 0.2) is 0 Å². The molecule has 2 aliphatic rings. The summed E-state index contributed by atoms with van der Waals surface area (Å²) < 4.78 is 6.14. The van der Waals surface area contributed by atoms with Gasteiger partial charge in [0.1, 0.15) is 5.60 Å². The quantitative estimate of drug-likeness (QED) is 0.512. The minimum Gasteiger partial charge on any atom is -0.459 e. The zero-order valence-corrected chi connectivity index (χ0v) is 13.1. The van der Waals surface area contributed by atoms with Crippen LogP contribution in [0.15, 0.2) is 12.7 Å². The standard InChI is InChI=1S/C18H30O2/c1-3-4-13-18(14-9-6-10-15-18)20-16(19)17(2)11-7-5-8-12-17/h3H,1,4-15H2,2H3. The molecule has 0 radical (unpaired) electrons. The minimum atomic E-state index is -0.225. The number of esters is 1. The Morgan fingerprint density at radius 3 is 2.15 bits per heavy atom. The van der Waals surface area contributed by atoms with Gasteiger partial charge in [0.2, 0.25) is 0 Å². The molecule has 2 fully saturated rings. The van der Waals surface area contributed by atoms with E-state index in [1.807, 2.05) is 6.08 Å².